The minimum absolute atomic E-state index is 0.215. The number of halogens is 1. The maximum atomic E-state index is 13.2. The predicted octanol–water partition coefficient (Wildman–Crippen LogP) is 1.17. The van der Waals surface area contributed by atoms with Crippen molar-refractivity contribution in [2.45, 2.75) is 6.54 Å². The normalized spacial score (nSPS) is 11.0. The first-order chi connectivity index (χ1) is 6.22. The Bertz CT molecular complexity index is 447. The average molecular weight is 179 g/mol. The summed E-state index contributed by atoms with van der Waals surface area (Å²) in [4.78, 5) is 0. The lowest BCUT2D eigenvalue weighted by molar-refractivity contribution is 0.612. The van der Waals surface area contributed by atoms with Gasteiger partial charge in [0, 0.05) is 24.5 Å². The van der Waals surface area contributed by atoms with Gasteiger partial charge in [-0.1, -0.05) is 0 Å². The highest BCUT2D eigenvalue weighted by molar-refractivity contribution is 5.79. The molecule has 0 aliphatic rings. The van der Waals surface area contributed by atoms with Crippen LogP contribution in [0.25, 0.3) is 10.9 Å². The van der Waals surface area contributed by atoms with Crippen molar-refractivity contribution >= 4 is 10.9 Å². The fourth-order valence-corrected chi connectivity index (χ4v) is 1.37. The van der Waals surface area contributed by atoms with Gasteiger partial charge >= 0.3 is 0 Å². The summed E-state index contributed by atoms with van der Waals surface area (Å²) in [5.74, 6) is -0.261. The van der Waals surface area contributed by atoms with E-state index in [0.717, 1.165) is 10.9 Å². The standard InChI is InChI=1S/C9H10FN3/c1-13-9-3-6(4-11)8(10)2-7(9)5-12-13/h2-3,5H,4,11H2,1H3. The van der Waals surface area contributed by atoms with E-state index in [-0.39, 0.29) is 12.4 Å². The Balaban J connectivity index is 2.77. The molecule has 0 fully saturated rings. The van der Waals surface area contributed by atoms with E-state index in [1.54, 1.807) is 16.9 Å². The maximum absolute atomic E-state index is 13.2. The SMILES string of the molecule is Cn1ncc2cc(F)c(CN)cc21. The molecule has 0 aliphatic heterocycles. The van der Waals surface area contributed by atoms with Crippen molar-refractivity contribution in [3.8, 4) is 0 Å². The molecule has 0 saturated carbocycles. The third-order valence-electron chi connectivity index (χ3n) is 2.13. The third kappa shape index (κ3) is 1.19. The van der Waals surface area contributed by atoms with Crippen LogP contribution < -0.4 is 5.73 Å². The number of nitrogens with zero attached hydrogens (tertiary/aromatic N) is 2. The number of nitrogens with two attached hydrogens (primary N) is 1. The summed E-state index contributed by atoms with van der Waals surface area (Å²) in [6.07, 6.45) is 1.64. The van der Waals surface area contributed by atoms with Crippen LogP contribution in [0.3, 0.4) is 0 Å². The Hall–Kier alpha value is -1.42. The molecule has 2 rings (SSSR count). The quantitative estimate of drug-likeness (QED) is 0.714. The molecule has 0 saturated heterocycles. The van der Waals surface area contributed by atoms with E-state index in [0.29, 0.717) is 5.56 Å². The molecule has 4 heteroatoms. The Morgan fingerprint density at radius 2 is 2.31 bits per heavy atom. The number of fused-ring (bicyclic) bond motifs is 1. The molecule has 0 aliphatic carbocycles. The minimum atomic E-state index is -0.261. The molecule has 0 atom stereocenters. The summed E-state index contributed by atoms with van der Waals surface area (Å²) in [5, 5.41) is 4.82. The molecule has 1 aromatic heterocycles. The highest BCUT2D eigenvalue weighted by Gasteiger charge is 2.05. The second kappa shape index (κ2) is 2.81. The highest BCUT2D eigenvalue weighted by Crippen LogP contribution is 2.17. The molecule has 1 heterocycles. The van der Waals surface area contributed by atoms with Crippen molar-refractivity contribution in [3.05, 3.63) is 29.7 Å². The van der Waals surface area contributed by atoms with E-state index in [1.807, 2.05) is 7.05 Å². The summed E-state index contributed by atoms with van der Waals surface area (Å²) < 4.78 is 14.9. The van der Waals surface area contributed by atoms with Crippen LogP contribution in [0.5, 0.6) is 0 Å². The molecule has 0 radical (unpaired) electrons. The molecule has 68 valence electrons. The smallest absolute Gasteiger partial charge is 0.128 e. The molecule has 0 spiro atoms. The van der Waals surface area contributed by atoms with E-state index in [4.69, 9.17) is 5.73 Å². The summed E-state index contributed by atoms with van der Waals surface area (Å²) in [5.41, 5.74) is 6.82. The number of hydrogen-bond donors (Lipinski definition) is 1. The molecule has 3 nitrogen and oxygen atoms in total. The van der Waals surface area contributed by atoms with Crippen molar-refractivity contribution in [2.75, 3.05) is 0 Å². The van der Waals surface area contributed by atoms with Gasteiger partial charge in [-0.05, 0) is 12.1 Å². The summed E-state index contributed by atoms with van der Waals surface area (Å²) in [7, 11) is 1.82. The van der Waals surface area contributed by atoms with Crippen LogP contribution >= 0.6 is 0 Å². The van der Waals surface area contributed by atoms with Gasteiger partial charge in [0.15, 0.2) is 0 Å². The zero-order valence-electron chi connectivity index (χ0n) is 7.29. The molecular weight excluding hydrogens is 169 g/mol. The van der Waals surface area contributed by atoms with Crippen LogP contribution in [-0.2, 0) is 13.6 Å². The van der Waals surface area contributed by atoms with Crippen LogP contribution in [0.1, 0.15) is 5.56 Å². The second-order valence-electron chi connectivity index (χ2n) is 2.97. The third-order valence-corrected chi connectivity index (χ3v) is 2.13. The van der Waals surface area contributed by atoms with Gasteiger partial charge in [-0.2, -0.15) is 5.10 Å². The average Bonchev–Trinajstić information content (AvgIpc) is 2.46. The lowest BCUT2D eigenvalue weighted by Crippen LogP contribution is -2.00. The van der Waals surface area contributed by atoms with Crippen molar-refractivity contribution < 1.29 is 4.39 Å². The van der Waals surface area contributed by atoms with Gasteiger partial charge in [-0.15, -0.1) is 0 Å². The molecule has 2 aromatic rings. The monoisotopic (exact) mass is 179 g/mol. The molecule has 1 aromatic carbocycles. The topological polar surface area (TPSA) is 43.8 Å². The number of aryl methyl sites for hydroxylation is 1. The van der Waals surface area contributed by atoms with E-state index in [2.05, 4.69) is 5.10 Å². The van der Waals surface area contributed by atoms with Crippen LogP contribution in [0.2, 0.25) is 0 Å². The van der Waals surface area contributed by atoms with Crippen LogP contribution in [0.15, 0.2) is 18.3 Å². The van der Waals surface area contributed by atoms with E-state index in [9.17, 15) is 4.39 Å². The number of benzene rings is 1. The number of rotatable bonds is 1. The Kier molecular flexibility index (Phi) is 1.77. The molecule has 0 bridgehead atoms. The summed E-state index contributed by atoms with van der Waals surface area (Å²) in [6, 6.07) is 3.20. The zero-order valence-corrected chi connectivity index (χ0v) is 7.29. The van der Waals surface area contributed by atoms with Gasteiger partial charge in [0.1, 0.15) is 5.82 Å². The molecule has 13 heavy (non-hydrogen) atoms. The largest absolute Gasteiger partial charge is 0.326 e. The fourth-order valence-electron chi connectivity index (χ4n) is 1.37. The molecule has 2 N–H and O–H groups in total. The minimum Gasteiger partial charge on any atom is -0.326 e. The van der Waals surface area contributed by atoms with E-state index >= 15 is 0 Å². The van der Waals surface area contributed by atoms with Gasteiger partial charge in [0.25, 0.3) is 0 Å². The second-order valence-corrected chi connectivity index (χ2v) is 2.97. The van der Waals surface area contributed by atoms with Gasteiger partial charge < -0.3 is 5.73 Å². The van der Waals surface area contributed by atoms with E-state index in [1.165, 1.54) is 6.07 Å². The van der Waals surface area contributed by atoms with Crippen molar-refractivity contribution in [1.82, 2.24) is 9.78 Å². The van der Waals surface area contributed by atoms with Gasteiger partial charge in [-0.3, -0.25) is 4.68 Å². The lowest BCUT2D eigenvalue weighted by atomic mass is 10.1. The first-order valence-electron chi connectivity index (χ1n) is 4.02. The number of hydrogen-bond acceptors (Lipinski definition) is 2. The molecule has 0 amide bonds. The summed E-state index contributed by atoms with van der Waals surface area (Å²) in [6.45, 7) is 0.215. The maximum Gasteiger partial charge on any atom is 0.128 e. The highest BCUT2D eigenvalue weighted by atomic mass is 19.1. The Morgan fingerprint density at radius 1 is 1.54 bits per heavy atom. The van der Waals surface area contributed by atoms with Crippen LogP contribution in [-0.4, -0.2) is 9.78 Å². The zero-order chi connectivity index (χ0) is 9.42. The van der Waals surface area contributed by atoms with E-state index < -0.39 is 0 Å². The number of aromatic nitrogens is 2. The Labute approximate surface area is 75.0 Å². The fraction of sp³-hybridized carbons (Fsp3) is 0.222. The van der Waals surface area contributed by atoms with Crippen molar-refractivity contribution in [1.29, 1.82) is 0 Å². The summed E-state index contributed by atoms with van der Waals surface area (Å²) >= 11 is 0. The molecular formula is C9H10FN3. The van der Waals surface area contributed by atoms with Gasteiger partial charge in [-0.25, -0.2) is 4.39 Å². The first-order valence-corrected chi connectivity index (χ1v) is 4.02. The predicted molar refractivity (Wildman–Crippen MR) is 48.6 cm³/mol. The molecule has 0 unspecified atom stereocenters. The van der Waals surface area contributed by atoms with Crippen LogP contribution in [0, 0.1) is 5.82 Å². The van der Waals surface area contributed by atoms with Crippen molar-refractivity contribution in [3.63, 3.8) is 0 Å². The first kappa shape index (κ1) is 8.19. The van der Waals surface area contributed by atoms with Gasteiger partial charge in [0.05, 0.1) is 11.7 Å². The Morgan fingerprint density at radius 3 is 3.00 bits per heavy atom. The lowest BCUT2D eigenvalue weighted by Gasteiger charge is -2.00. The van der Waals surface area contributed by atoms with Gasteiger partial charge in [0.2, 0.25) is 0 Å². The van der Waals surface area contributed by atoms with Crippen LogP contribution in [0.4, 0.5) is 4.39 Å². The van der Waals surface area contributed by atoms with Crippen molar-refractivity contribution in [2.24, 2.45) is 12.8 Å².